The lowest BCUT2D eigenvalue weighted by Gasteiger charge is -2.07. The van der Waals surface area contributed by atoms with Gasteiger partial charge in [-0.1, -0.05) is 35.9 Å². The van der Waals surface area contributed by atoms with Crippen molar-refractivity contribution in [1.82, 2.24) is 5.32 Å². The van der Waals surface area contributed by atoms with Gasteiger partial charge in [-0.05, 0) is 35.7 Å². The van der Waals surface area contributed by atoms with E-state index in [-0.39, 0.29) is 17.2 Å². The van der Waals surface area contributed by atoms with E-state index in [4.69, 9.17) is 16.7 Å². The molecule has 0 radical (unpaired) electrons. The number of aliphatic hydroxyl groups is 1. The number of carbonyl (C=O) groups excluding carboxylic acids is 1. The molecule has 2 N–H and O–H groups in total. The molecule has 0 bridgehead atoms. The highest BCUT2D eigenvalue weighted by Crippen LogP contribution is 2.14. The molecule has 0 atom stereocenters. The normalized spacial score (nSPS) is 10.4. The number of nitrogens with one attached hydrogen (secondary N) is 1. The molecule has 0 unspecified atom stereocenters. The van der Waals surface area contributed by atoms with Gasteiger partial charge < -0.3 is 10.4 Å². The number of halogens is 2. The Morgan fingerprint density at radius 1 is 1.14 bits per heavy atom. The van der Waals surface area contributed by atoms with E-state index in [1.54, 1.807) is 0 Å². The number of benzene rings is 2. The zero-order valence-electron chi connectivity index (χ0n) is 11.3. The lowest BCUT2D eigenvalue weighted by Crippen LogP contribution is -2.26. The van der Waals surface area contributed by atoms with Crippen LogP contribution in [-0.4, -0.2) is 17.6 Å². The number of amides is 1. The highest BCUT2D eigenvalue weighted by Gasteiger charge is 2.11. The fourth-order valence-electron chi connectivity index (χ4n) is 1.90. The highest BCUT2D eigenvalue weighted by atomic mass is 35.5. The molecule has 0 aliphatic rings. The van der Waals surface area contributed by atoms with Crippen LogP contribution in [0, 0.1) is 5.82 Å². The fraction of sp³-hybridized carbons (Fsp3) is 0.188. The first-order valence-electron chi connectivity index (χ1n) is 6.52. The highest BCUT2D eigenvalue weighted by molar-refractivity contribution is 6.30. The predicted molar refractivity (Wildman–Crippen MR) is 79.8 cm³/mol. The maximum atomic E-state index is 13.6. The second kappa shape index (κ2) is 7.20. The summed E-state index contributed by atoms with van der Waals surface area (Å²) in [4.78, 5) is 11.8. The van der Waals surface area contributed by atoms with Crippen LogP contribution in [-0.2, 0) is 13.0 Å². The molecule has 110 valence electrons. The number of hydrogen-bond acceptors (Lipinski definition) is 2. The largest absolute Gasteiger partial charge is 0.392 e. The second-order valence-electron chi connectivity index (χ2n) is 4.60. The average Bonchev–Trinajstić information content (AvgIpc) is 2.47. The first kappa shape index (κ1) is 15.5. The van der Waals surface area contributed by atoms with Gasteiger partial charge in [0.25, 0.3) is 5.91 Å². The van der Waals surface area contributed by atoms with Crippen molar-refractivity contribution in [3.8, 4) is 0 Å². The molecular formula is C16H15ClFNO2. The van der Waals surface area contributed by atoms with Crippen molar-refractivity contribution in [2.24, 2.45) is 0 Å². The van der Waals surface area contributed by atoms with Gasteiger partial charge in [-0.15, -0.1) is 0 Å². The van der Waals surface area contributed by atoms with E-state index in [0.717, 1.165) is 17.2 Å². The van der Waals surface area contributed by atoms with Crippen molar-refractivity contribution >= 4 is 17.5 Å². The molecule has 1 amide bonds. The summed E-state index contributed by atoms with van der Waals surface area (Å²) in [5, 5.41) is 11.9. The van der Waals surface area contributed by atoms with Crippen LogP contribution in [0.3, 0.4) is 0 Å². The monoisotopic (exact) mass is 307 g/mol. The molecule has 0 saturated heterocycles. The Balaban J connectivity index is 1.88. The maximum Gasteiger partial charge on any atom is 0.254 e. The quantitative estimate of drug-likeness (QED) is 0.892. The first-order valence-corrected chi connectivity index (χ1v) is 6.90. The molecule has 0 aliphatic carbocycles. The van der Waals surface area contributed by atoms with Crippen molar-refractivity contribution in [1.29, 1.82) is 0 Å². The minimum atomic E-state index is -0.632. The van der Waals surface area contributed by atoms with Gasteiger partial charge in [-0.3, -0.25) is 4.79 Å². The Bertz CT molecular complexity index is 629. The van der Waals surface area contributed by atoms with Crippen LogP contribution >= 0.6 is 11.6 Å². The molecule has 0 spiro atoms. The number of hydrogen-bond donors (Lipinski definition) is 2. The zero-order chi connectivity index (χ0) is 15.2. The van der Waals surface area contributed by atoms with E-state index >= 15 is 0 Å². The SMILES string of the molecule is O=C(NCCc1ccc(CO)cc1)c1ccc(Cl)cc1F. The molecule has 2 aromatic carbocycles. The van der Waals surface area contributed by atoms with Crippen molar-refractivity contribution in [2.75, 3.05) is 6.54 Å². The summed E-state index contributed by atoms with van der Waals surface area (Å²) in [5.74, 6) is -1.09. The van der Waals surface area contributed by atoms with Gasteiger partial charge >= 0.3 is 0 Å². The van der Waals surface area contributed by atoms with Crippen molar-refractivity contribution in [3.05, 3.63) is 70.0 Å². The Hall–Kier alpha value is -1.91. The number of rotatable bonds is 5. The molecular weight excluding hydrogens is 293 g/mol. The molecule has 0 aliphatic heterocycles. The molecule has 5 heteroatoms. The van der Waals surface area contributed by atoms with E-state index in [9.17, 15) is 9.18 Å². The molecule has 2 rings (SSSR count). The molecule has 0 aromatic heterocycles. The minimum Gasteiger partial charge on any atom is -0.392 e. The van der Waals surface area contributed by atoms with Crippen LogP contribution in [0.1, 0.15) is 21.5 Å². The summed E-state index contributed by atoms with van der Waals surface area (Å²) in [6.45, 7) is 0.409. The third kappa shape index (κ3) is 4.28. The smallest absolute Gasteiger partial charge is 0.254 e. The summed E-state index contributed by atoms with van der Waals surface area (Å²) < 4.78 is 13.6. The van der Waals surface area contributed by atoms with Crippen LogP contribution in [0.25, 0.3) is 0 Å². The van der Waals surface area contributed by atoms with Gasteiger partial charge in [0.1, 0.15) is 5.82 Å². The third-order valence-electron chi connectivity index (χ3n) is 3.08. The molecule has 0 saturated carbocycles. The topological polar surface area (TPSA) is 49.3 Å². The number of carbonyl (C=O) groups is 1. The summed E-state index contributed by atoms with van der Waals surface area (Å²) in [5.41, 5.74) is 1.85. The molecule has 2 aromatic rings. The van der Waals surface area contributed by atoms with Crippen LogP contribution in [0.4, 0.5) is 4.39 Å². The lowest BCUT2D eigenvalue weighted by molar-refractivity contribution is 0.0950. The third-order valence-corrected chi connectivity index (χ3v) is 3.32. The Morgan fingerprint density at radius 3 is 2.43 bits per heavy atom. The average molecular weight is 308 g/mol. The lowest BCUT2D eigenvalue weighted by atomic mass is 10.1. The predicted octanol–water partition coefficient (Wildman–Crippen LogP) is 2.94. The minimum absolute atomic E-state index is 0.00681. The summed E-state index contributed by atoms with van der Waals surface area (Å²) in [6, 6.07) is 11.4. The molecule has 0 heterocycles. The van der Waals surface area contributed by atoms with Gasteiger partial charge in [-0.2, -0.15) is 0 Å². The van der Waals surface area contributed by atoms with Gasteiger partial charge in [0, 0.05) is 11.6 Å². The van der Waals surface area contributed by atoms with E-state index in [1.807, 2.05) is 24.3 Å². The second-order valence-corrected chi connectivity index (χ2v) is 5.04. The fourth-order valence-corrected chi connectivity index (χ4v) is 2.06. The maximum absolute atomic E-state index is 13.6. The van der Waals surface area contributed by atoms with Gasteiger partial charge in [0.15, 0.2) is 0 Å². The Kier molecular flexibility index (Phi) is 5.31. The van der Waals surface area contributed by atoms with Crippen molar-refractivity contribution in [3.63, 3.8) is 0 Å². The van der Waals surface area contributed by atoms with Gasteiger partial charge in [0.05, 0.1) is 12.2 Å². The molecule has 3 nitrogen and oxygen atoms in total. The van der Waals surface area contributed by atoms with Crippen LogP contribution in [0.5, 0.6) is 0 Å². The molecule has 0 fully saturated rings. The number of aliphatic hydroxyl groups excluding tert-OH is 1. The zero-order valence-corrected chi connectivity index (χ0v) is 12.0. The summed E-state index contributed by atoms with van der Waals surface area (Å²) in [6.07, 6.45) is 0.632. The Labute approximate surface area is 127 Å². The van der Waals surface area contributed by atoms with Crippen molar-refractivity contribution in [2.45, 2.75) is 13.0 Å². The standard InChI is InChI=1S/C16H15ClFNO2/c17-13-5-6-14(15(18)9-13)16(21)19-8-7-11-1-3-12(10-20)4-2-11/h1-6,9,20H,7-8,10H2,(H,19,21). The summed E-state index contributed by atoms with van der Waals surface area (Å²) >= 11 is 5.64. The molecule has 21 heavy (non-hydrogen) atoms. The van der Waals surface area contributed by atoms with Crippen LogP contribution in [0.15, 0.2) is 42.5 Å². The first-order chi connectivity index (χ1) is 10.1. The summed E-state index contributed by atoms with van der Waals surface area (Å²) in [7, 11) is 0. The van der Waals surface area contributed by atoms with E-state index in [1.165, 1.54) is 12.1 Å². The van der Waals surface area contributed by atoms with E-state index < -0.39 is 11.7 Å². The Morgan fingerprint density at radius 2 is 1.81 bits per heavy atom. The van der Waals surface area contributed by atoms with E-state index in [2.05, 4.69) is 5.32 Å². The van der Waals surface area contributed by atoms with Crippen LogP contribution < -0.4 is 5.32 Å². The van der Waals surface area contributed by atoms with Gasteiger partial charge in [0.2, 0.25) is 0 Å². The van der Waals surface area contributed by atoms with Gasteiger partial charge in [-0.25, -0.2) is 4.39 Å². The van der Waals surface area contributed by atoms with Crippen LogP contribution in [0.2, 0.25) is 5.02 Å². The van der Waals surface area contributed by atoms with Crippen molar-refractivity contribution < 1.29 is 14.3 Å². The van der Waals surface area contributed by atoms with E-state index in [0.29, 0.717) is 13.0 Å².